The summed E-state index contributed by atoms with van der Waals surface area (Å²) in [5.41, 5.74) is 0. The second kappa shape index (κ2) is 35.2. The van der Waals surface area contributed by atoms with Crippen molar-refractivity contribution in [3.05, 3.63) is 0 Å². The molecule has 39 heavy (non-hydrogen) atoms. The molecule has 0 aliphatic heterocycles. The Hall–Kier alpha value is -0.810. The number of rotatable bonds is 35. The number of ether oxygens (including phenoxy) is 7. The molecule has 0 saturated carbocycles. The summed E-state index contributed by atoms with van der Waals surface area (Å²) in [6.07, 6.45) is 17.8. The van der Waals surface area contributed by atoms with Crippen LogP contribution in [0.25, 0.3) is 0 Å². The highest BCUT2D eigenvalue weighted by molar-refractivity contribution is 5.66. The Labute approximate surface area is 238 Å². The summed E-state index contributed by atoms with van der Waals surface area (Å²) < 4.78 is 37.9. The first-order chi connectivity index (χ1) is 19.3. The van der Waals surface area contributed by atoms with Gasteiger partial charge in [-0.3, -0.25) is 4.79 Å². The largest absolute Gasteiger partial charge is 0.481 e. The SMILES string of the molecule is CCCCCCCCCCCCCCCOCCOCCOCCOCCOCCOCCOCCC(=O)O. The molecular formula is C30H60O9. The van der Waals surface area contributed by atoms with Crippen LogP contribution in [0.5, 0.6) is 0 Å². The van der Waals surface area contributed by atoms with Gasteiger partial charge >= 0.3 is 5.97 Å². The maximum Gasteiger partial charge on any atom is 0.305 e. The van der Waals surface area contributed by atoms with Crippen molar-refractivity contribution >= 4 is 5.97 Å². The zero-order valence-corrected chi connectivity index (χ0v) is 25.0. The second-order valence-electron chi connectivity index (χ2n) is 9.67. The van der Waals surface area contributed by atoms with Crippen molar-refractivity contribution in [1.82, 2.24) is 0 Å². The van der Waals surface area contributed by atoms with Crippen molar-refractivity contribution in [3.63, 3.8) is 0 Å². The van der Waals surface area contributed by atoms with Crippen molar-refractivity contribution in [2.45, 2.75) is 96.8 Å². The topological polar surface area (TPSA) is 102 Å². The predicted molar refractivity (Wildman–Crippen MR) is 154 cm³/mol. The fourth-order valence-electron chi connectivity index (χ4n) is 3.80. The van der Waals surface area contributed by atoms with Crippen molar-refractivity contribution in [3.8, 4) is 0 Å². The molecule has 0 unspecified atom stereocenters. The molecule has 0 aromatic carbocycles. The molecule has 1 N–H and O–H groups in total. The third kappa shape index (κ3) is 37.2. The highest BCUT2D eigenvalue weighted by Gasteiger charge is 1.98. The normalized spacial score (nSPS) is 11.4. The molecule has 0 bridgehead atoms. The van der Waals surface area contributed by atoms with Crippen LogP contribution in [-0.2, 0) is 38.0 Å². The third-order valence-electron chi connectivity index (χ3n) is 6.08. The van der Waals surface area contributed by atoms with Crippen LogP contribution in [0.4, 0.5) is 0 Å². The van der Waals surface area contributed by atoms with Crippen LogP contribution in [0.1, 0.15) is 96.8 Å². The third-order valence-corrected chi connectivity index (χ3v) is 6.08. The van der Waals surface area contributed by atoms with E-state index in [1.807, 2.05) is 0 Å². The summed E-state index contributed by atoms with van der Waals surface area (Å²) >= 11 is 0. The van der Waals surface area contributed by atoms with E-state index in [0.29, 0.717) is 79.3 Å². The van der Waals surface area contributed by atoms with Crippen LogP contribution in [0.15, 0.2) is 0 Å². The number of hydrogen-bond acceptors (Lipinski definition) is 8. The van der Waals surface area contributed by atoms with Crippen LogP contribution < -0.4 is 0 Å². The zero-order chi connectivity index (χ0) is 28.3. The van der Waals surface area contributed by atoms with Gasteiger partial charge in [0.2, 0.25) is 0 Å². The number of carbonyl (C=O) groups is 1. The van der Waals surface area contributed by atoms with Gasteiger partial charge in [-0.15, -0.1) is 0 Å². The van der Waals surface area contributed by atoms with E-state index < -0.39 is 5.97 Å². The molecule has 0 spiro atoms. The summed E-state index contributed by atoms with van der Waals surface area (Å²) in [5, 5.41) is 8.48. The monoisotopic (exact) mass is 564 g/mol. The molecule has 0 fully saturated rings. The fourth-order valence-corrected chi connectivity index (χ4v) is 3.80. The molecule has 234 valence electrons. The predicted octanol–water partition coefficient (Wildman–Crippen LogP) is 5.67. The second-order valence-corrected chi connectivity index (χ2v) is 9.67. The number of unbranched alkanes of at least 4 members (excludes halogenated alkanes) is 12. The smallest absolute Gasteiger partial charge is 0.305 e. The molecule has 0 saturated heterocycles. The molecule has 0 radical (unpaired) electrons. The molecule has 0 aromatic rings. The molecule has 0 aliphatic carbocycles. The highest BCUT2D eigenvalue weighted by Crippen LogP contribution is 2.12. The highest BCUT2D eigenvalue weighted by atomic mass is 16.6. The van der Waals surface area contributed by atoms with Crippen LogP contribution >= 0.6 is 0 Å². The Kier molecular flexibility index (Phi) is 34.5. The average molecular weight is 565 g/mol. The summed E-state index contributed by atoms with van der Waals surface area (Å²) in [5.74, 6) is -0.862. The van der Waals surface area contributed by atoms with E-state index in [9.17, 15) is 4.79 Å². The van der Waals surface area contributed by atoms with E-state index in [-0.39, 0.29) is 13.0 Å². The number of carboxylic acid groups (broad SMARTS) is 1. The molecule has 0 amide bonds. The molecule has 9 nitrogen and oxygen atoms in total. The minimum atomic E-state index is -0.862. The molecule has 9 heteroatoms. The lowest BCUT2D eigenvalue weighted by Crippen LogP contribution is -2.14. The lowest BCUT2D eigenvalue weighted by Gasteiger charge is -2.08. The van der Waals surface area contributed by atoms with Crippen molar-refractivity contribution in [1.29, 1.82) is 0 Å². The van der Waals surface area contributed by atoms with Crippen molar-refractivity contribution in [2.75, 3.05) is 92.5 Å². The van der Waals surface area contributed by atoms with E-state index >= 15 is 0 Å². The van der Waals surface area contributed by atoms with Crippen molar-refractivity contribution in [2.24, 2.45) is 0 Å². The van der Waals surface area contributed by atoms with E-state index in [2.05, 4.69) is 6.92 Å². The maximum absolute atomic E-state index is 10.3. The van der Waals surface area contributed by atoms with Gasteiger partial charge in [-0.2, -0.15) is 0 Å². The lowest BCUT2D eigenvalue weighted by atomic mass is 10.0. The van der Waals surface area contributed by atoms with Gasteiger partial charge in [0, 0.05) is 6.61 Å². The van der Waals surface area contributed by atoms with Gasteiger partial charge < -0.3 is 38.3 Å². The summed E-state index contributed by atoms with van der Waals surface area (Å²) in [4.78, 5) is 10.3. The molecule has 0 heterocycles. The Morgan fingerprint density at radius 1 is 0.385 bits per heavy atom. The van der Waals surface area contributed by atoms with E-state index in [1.165, 1.54) is 77.0 Å². The van der Waals surface area contributed by atoms with Gasteiger partial charge in [0.15, 0.2) is 0 Å². The Morgan fingerprint density at radius 3 is 0.949 bits per heavy atom. The Morgan fingerprint density at radius 2 is 0.641 bits per heavy atom. The quantitative estimate of drug-likeness (QED) is 0.0976. The Bertz CT molecular complexity index is 466. The fraction of sp³-hybridized carbons (Fsp3) is 0.967. The summed E-state index contributed by atoms with van der Waals surface area (Å²) in [7, 11) is 0. The van der Waals surface area contributed by atoms with Gasteiger partial charge in [0.1, 0.15) is 0 Å². The first-order valence-corrected chi connectivity index (χ1v) is 15.5. The zero-order valence-electron chi connectivity index (χ0n) is 25.0. The lowest BCUT2D eigenvalue weighted by molar-refractivity contribution is -0.138. The minimum Gasteiger partial charge on any atom is -0.481 e. The molecule has 0 aromatic heterocycles. The summed E-state index contributed by atoms with van der Waals surface area (Å²) in [6, 6.07) is 0. The van der Waals surface area contributed by atoms with Crippen LogP contribution in [0.2, 0.25) is 0 Å². The minimum absolute atomic E-state index is 0.0109. The van der Waals surface area contributed by atoms with Crippen LogP contribution in [0.3, 0.4) is 0 Å². The average Bonchev–Trinajstić information content (AvgIpc) is 2.93. The standard InChI is InChI=1S/C30H60O9/c1-2-3-4-5-6-7-8-9-10-11-12-13-14-16-33-18-20-35-22-24-37-26-28-39-29-27-38-25-23-36-21-19-34-17-15-30(31)32/h2-29H2,1H3,(H,31,32). The van der Waals surface area contributed by atoms with Gasteiger partial charge in [-0.05, 0) is 6.42 Å². The maximum atomic E-state index is 10.3. The van der Waals surface area contributed by atoms with Gasteiger partial charge in [0.25, 0.3) is 0 Å². The van der Waals surface area contributed by atoms with Crippen molar-refractivity contribution < 1.29 is 43.1 Å². The molecule has 0 atom stereocenters. The van der Waals surface area contributed by atoms with Crippen LogP contribution in [0, 0.1) is 0 Å². The van der Waals surface area contributed by atoms with Gasteiger partial charge in [-0.1, -0.05) is 84.0 Å². The molecule has 0 rings (SSSR count). The van der Waals surface area contributed by atoms with E-state index in [1.54, 1.807) is 0 Å². The number of hydrogen-bond donors (Lipinski definition) is 1. The van der Waals surface area contributed by atoms with Gasteiger partial charge in [0.05, 0.1) is 92.3 Å². The van der Waals surface area contributed by atoms with Gasteiger partial charge in [-0.25, -0.2) is 0 Å². The van der Waals surface area contributed by atoms with E-state index in [4.69, 9.17) is 38.3 Å². The summed E-state index contributed by atoms with van der Waals surface area (Å²) in [6.45, 7) is 9.50. The molecule has 0 aliphatic rings. The Balaban J connectivity index is 3.02. The van der Waals surface area contributed by atoms with E-state index in [0.717, 1.165) is 13.0 Å². The van der Waals surface area contributed by atoms with Crippen LogP contribution in [-0.4, -0.2) is 104 Å². The first-order valence-electron chi connectivity index (χ1n) is 15.5. The number of aliphatic carboxylic acids is 1. The first kappa shape index (κ1) is 38.2. The molecular weight excluding hydrogens is 504 g/mol. The number of carboxylic acids is 1.